The minimum Gasteiger partial charge on any atom is -0.454 e. The lowest BCUT2D eigenvalue weighted by molar-refractivity contribution is 0.0722. The lowest BCUT2D eigenvalue weighted by Crippen LogP contribution is -2.36. The summed E-state index contributed by atoms with van der Waals surface area (Å²) >= 11 is 6.15. The zero-order valence-corrected chi connectivity index (χ0v) is 12.4. The molecule has 20 heavy (non-hydrogen) atoms. The van der Waals surface area contributed by atoms with Gasteiger partial charge in [0.2, 0.25) is 6.79 Å². The Kier molecular flexibility index (Phi) is 3.50. The second-order valence-corrected chi connectivity index (χ2v) is 6.18. The van der Waals surface area contributed by atoms with Gasteiger partial charge in [-0.2, -0.15) is 0 Å². The average molecular weight is 296 g/mol. The van der Waals surface area contributed by atoms with Crippen molar-refractivity contribution in [3.8, 4) is 11.5 Å². The topological polar surface area (TPSA) is 38.8 Å². The number of amides is 1. The van der Waals surface area contributed by atoms with Crippen molar-refractivity contribution in [2.75, 3.05) is 13.3 Å². The van der Waals surface area contributed by atoms with Crippen molar-refractivity contribution in [3.63, 3.8) is 0 Å². The molecule has 3 rings (SSSR count). The number of hydrogen-bond acceptors (Lipinski definition) is 3. The van der Waals surface area contributed by atoms with Crippen molar-refractivity contribution in [3.05, 3.63) is 22.7 Å². The van der Waals surface area contributed by atoms with E-state index in [0.717, 1.165) is 19.4 Å². The van der Waals surface area contributed by atoms with Crippen molar-refractivity contribution in [1.82, 2.24) is 4.90 Å². The molecule has 0 atom stereocenters. The lowest BCUT2D eigenvalue weighted by atomic mass is 10.1. The van der Waals surface area contributed by atoms with Gasteiger partial charge < -0.3 is 14.4 Å². The van der Waals surface area contributed by atoms with Gasteiger partial charge in [0, 0.05) is 18.2 Å². The SMILES string of the molecule is CC(C)CN(C(=O)c1cc(Cl)c2c(c1)OCO2)C1CC1. The Labute approximate surface area is 123 Å². The van der Waals surface area contributed by atoms with Crippen LogP contribution in [0.15, 0.2) is 12.1 Å². The molecule has 0 unspecified atom stereocenters. The van der Waals surface area contributed by atoms with E-state index in [2.05, 4.69) is 13.8 Å². The summed E-state index contributed by atoms with van der Waals surface area (Å²) in [4.78, 5) is 14.6. The summed E-state index contributed by atoms with van der Waals surface area (Å²) in [6.07, 6.45) is 2.19. The molecule has 0 aromatic heterocycles. The minimum absolute atomic E-state index is 0.0291. The Morgan fingerprint density at radius 3 is 2.80 bits per heavy atom. The first-order chi connectivity index (χ1) is 9.56. The molecule has 1 heterocycles. The fourth-order valence-corrected chi connectivity index (χ4v) is 2.70. The standard InChI is InChI=1S/C15H18ClNO3/c1-9(2)7-17(11-3-4-11)15(18)10-5-12(16)14-13(6-10)19-8-20-14/h5-6,9,11H,3-4,7-8H2,1-2H3. The van der Waals surface area contributed by atoms with Gasteiger partial charge in [-0.1, -0.05) is 25.4 Å². The maximum atomic E-state index is 12.7. The molecule has 108 valence electrons. The molecule has 1 fully saturated rings. The summed E-state index contributed by atoms with van der Waals surface area (Å²) in [5, 5.41) is 0.434. The van der Waals surface area contributed by atoms with Crippen LogP contribution in [0, 0.1) is 5.92 Å². The van der Waals surface area contributed by atoms with Gasteiger partial charge in [-0.25, -0.2) is 0 Å². The maximum absolute atomic E-state index is 12.7. The maximum Gasteiger partial charge on any atom is 0.254 e. The summed E-state index contributed by atoms with van der Waals surface area (Å²) < 4.78 is 10.6. The zero-order chi connectivity index (χ0) is 14.3. The molecule has 0 saturated heterocycles. The highest BCUT2D eigenvalue weighted by atomic mass is 35.5. The van der Waals surface area contributed by atoms with E-state index in [4.69, 9.17) is 21.1 Å². The molecule has 1 aliphatic heterocycles. The highest BCUT2D eigenvalue weighted by Gasteiger charge is 2.34. The number of hydrogen-bond donors (Lipinski definition) is 0. The summed E-state index contributed by atoms with van der Waals surface area (Å²) in [5.41, 5.74) is 0.576. The van der Waals surface area contributed by atoms with Crippen LogP contribution in [0.3, 0.4) is 0 Å². The van der Waals surface area contributed by atoms with E-state index in [0.29, 0.717) is 34.0 Å². The van der Waals surface area contributed by atoms with Crippen LogP contribution in [0.2, 0.25) is 5.02 Å². The van der Waals surface area contributed by atoms with E-state index in [9.17, 15) is 4.79 Å². The van der Waals surface area contributed by atoms with Gasteiger partial charge in [0.25, 0.3) is 5.91 Å². The van der Waals surface area contributed by atoms with Crippen LogP contribution in [0.5, 0.6) is 11.5 Å². The molecule has 1 aliphatic carbocycles. The van der Waals surface area contributed by atoms with Crippen LogP contribution in [-0.2, 0) is 0 Å². The van der Waals surface area contributed by atoms with Crippen LogP contribution < -0.4 is 9.47 Å². The van der Waals surface area contributed by atoms with Gasteiger partial charge >= 0.3 is 0 Å². The fraction of sp³-hybridized carbons (Fsp3) is 0.533. The van der Waals surface area contributed by atoms with Crippen molar-refractivity contribution < 1.29 is 14.3 Å². The van der Waals surface area contributed by atoms with Crippen LogP contribution in [0.4, 0.5) is 0 Å². The van der Waals surface area contributed by atoms with Crippen LogP contribution in [0.1, 0.15) is 37.0 Å². The van der Waals surface area contributed by atoms with Crippen LogP contribution >= 0.6 is 11.6 Å². The predicted octanol–water partition coefficient (Wildman–Crippen LogP) is 3.33. The van der Waals surface area contributed by atoms with E-state index in [1.165, 1.54) is 0 Å². The smallest absolute Gasteiger partial charge is 0.254 e. The average Bonchev–Trinajstić information content (AvgIpc) is 3.12. The molecular formula is C15H18ClNO3. The molecule has 0 spiro atoms. The minimum atomic E-state index is 0.0291. The van der Waals surface area contributed by atoms with E-state index in [1.54, 1.807) is 12.1 Å². The van der Waals surface area contributed by atoms with Gasteiger partial charge in [0.1, 0.15) is 0 Å². The third-order valence-corrected chi connectivity index (χ3v) is 3.77. The Bertz CT molecular complexity index is 540. The Morgan fingerprint density at radius 2 is 2.15 bits per heavy atom. The fourth-order valence-electron chi connectivity index (χ4n) is 2.43. The Hall–Kier alpha value is -1.42. The summed E-state index contributed by atoms with van der Waals surface area (Å²) in [5.74, 6) is 1.57. The molecule has 4 nitrogen and oxygen atoms in total. The van der Waals surface area contributed by atoms with Crippen molar-refractivity contribution >= 4 is 17.5 Å². The number of benzene rings is 1. The van der Waals surface area contributed by atoms with Crippen LogP contribution in [0.25, 0.3) is 0 Å². The van der Waals surface area contributed by atoms with Crippen molar-refractivity contribution in [2.24, 2.45) is 5.92 Å². The summed E-state index contributed by atoms with van der Waals surface area (Å²) in [6.45, 7) is 5.17. The van der Waals surface area contributed by atoms with Gasteiger partial charge in [-0.05, 0) is 30.9 Å². The quantitative estimate of drug-likeness (QED) is 0.855. The summed E-state index contributed by atoms with van der Waals surface area (Å²) in [7, 11) is 0. The normalized spacial score (nSPS) is 16.6. The Balaban J connectivity index is 1.87. The van der Waals surface area contributed by atoms with Gasteiger partial charge in [0.15, 0.2) is 11.5 Å². The largest absolute Gasteiger partial charge is 0.454 e. The van der Waals surface area contributed by atoms with Crippen molar-refractivity contribution in [1.29, 1.82) is 0 Å². The third-order valence-electron chi connectivity index (χ3n) is 3.48. The number of halogens is 1. The number of rotatable bonds is 4. The zero-order valence-electron chi connectivity index (χ0n) is 11.7. The van der Waals surface area contributed by atoms with Crippen molar-refractivity contribution in [2.45, 2.75) is 32.7 Å². The van der Waals surface area contributed by atoms with E-state index in [1.807, 2.05) is 4.90 Å². The van der Waals surface area contributed by atoms with Gasteiger partial charge in [-0.15, -0.1) is 0 Å². The number of ether oxygens (including phenoxy) is 2. The molecule has 0 bridgehead atoms. The number of fused-ring (bicyclic) bond motifs is 1. The second kappa shape index (κ2) is 5.17. The molecule has 1 aromatic rings. The molecule has 1 aromatic carbocycles. The number of carbonyl (C=O) groups is 1. The van der Waals surface area contributed by atoms with E-state index < -0.39 is 0 Å². The first kappa shape index (κ1) is 13.6. The first-order valence-corrected chi connectivity index (χ1v) is 7.34. The molecule has 1 amide bonds. The molecule has 5 heteroatoms. The molecular weight excluding hydrogens is 278 g/mol. The lowest BCUT2D eigenvalue weighted by Gasteiger charge is -2.24. The first-order valence-electron chi connectivity index (χ1n) is 6.96. The third kappa shape index (κ3) is 2.57. The van der Waals surface area contributed by atoms with Gasteiger partial charge in [-0.3, -0.25) is 4.79 Å². The highest BCUT2D eigenvalue weighted by Crippen LogP contribution is 2.40. The summed E-state index contributed by atoms with van der Waals surface area (Å²) in [6, 6.07) is 3.79. The van der Waals surface area contributed by atoms with Crippen LogP contribution in [-0.4, -0.2) is 30.2 Å². The Morgan fingerprint density at radius 1 is 1.40 bits per heavy atom. The molecule has 0 radical (unpaired) electrons. The molecule has 2 aliphatic rings. The van der Waals surface area contributed by atoms with E-state index >= 15 is 0 Å². The number of nitrogens with zero attached hydrogens (tertiary/aromatic N) is 1. The molecule has 1 saturated carbocycles. The number of carbonyl (C=O) groups excluding carboxylic acids is 1. The highest BCUT2D eigenvalue weighted by molar-refractivity contribution is 6.32. The monoisotopic (exact) mass is 295 g/mol. The van der Waals surface area contributed by atoms with E-state index in [-0.39, 0.29) is 12.7 Å². The predicted molar refractivity (Wildman–Crippen MR) is 76.5 cm³/mol. The molecule has 0 N–H and O–H groups in total. The van der Waals surface area contributed by atoms with Gasteiger partial charge in [0.05, 0.1) is 5.02 Å². The second-order valence-electron chi connectivity index (χ2n) is 5.77.